The number of aromatic nitrogens is 3. The summed E-state index contributed by atoms with van der Waals surface area (Å²) in [6.45, 7) is 5.25. The summed E-state index contributed by atoms with van der Waals surface area (Å²) >= 11 is 0. The zero-order valence-corrected chi connectivity index (χ0v) is 10.7. The number of benzene rings is 1. The van der Waals surface area contributed by atoms with Crippen LogP contribution in [0.3, 0.4) is 0 Å². The van der Waals surface area contributed by atoms with Gasteiger partial charge in [0.1, 0.15) is 11.4 Å². The van der Waals surface area contributed by atoms with E-state index in [1.54, 1.807) is 4.68 Å². The lowest BCUT2D eigenvalue weighted by atomic mass is 10.1. The Labute approximate surface area is 107 Å². The normalized spacial score (nSPS) is 10.9. The molecule has 0 aliphatic rings. The van der Waals surface area contributed by atoms with Gasteiger partial charge in [-0.2, -0.15) is 0 Å². The smallest absolute Gasteiger partial charge is 0.119 e. The van der Waals surface area contributed by atoms with E-state index >= 15 is 0 Å². The fraction of sp³-hybridized carbons (Fsp3) is 0.385. The largest absolute Gasteiger partial charge is 0.491 e. The second-order valence-electron chi connectivity index (χ2n) is 4.35. The Bertz CT molecular complexity index is 490. The van der Waals surface area contributed by atoms with Gasteiger partial charge in [-0.15, -0.1) is 5.10 Å². The molecule has 2 rings (SSSR count). The molecule has 0 saturated heterocycles. The summed E-state index contributed by atoms with van der Waals surface area (Å²) in [5.74, 6) is 0.864. The van der Waals surface area contributed by atoms with Crippen LogP contribution in [0.25, 0.3) is 11.3 Å². The topological polar surface area (TPSA) is 66.0 Å². The minimum atomic E-state index is 0.182. The van der Waals surface area contributed by atoms with Crippen molar-refractivity contribution in [2.24, 2.45) is 5.73 Å². The maximum atomic E-state index is 5.59. The van der Waals surface area contributed by atoms with E-state index in [1.165, 1.54) is 0 Å². The molecule has 5 nitrogen and oxygen atoms in total. The van der Waals surface area contributed by atoms with E-state index in [0.29, 0.717) is 13.1 Å². The number of nitrogens with two attached hydrogens (primary N) is 1. The maximum absolute atomic E-state index is 5.59. The van der Waals surface area contributed by atoms with Gasteiger partial charge in [0.25, 0.3) is 0 Å². The summed E-state index contributed by atoms with van der Waals surface area (Å²) in [4.78, 5) is 0. The Morgan fingerprint density at radius 1 is 1.28 bits per heavy atom. The summed E-state index contributed by atoms with van der Waals surface area (Å²) in [6.07, 6.45) is 2.08. The Hall–Kier alpha value is -1.88. The van der Waals surface area contributed by atoms with E-state index in [0.717, 1.165) is 17.0 Å². The molecule has 0 fully saturated rings. The predicted octanol–water partition coefficient (Wildman–Crippen LogP) is 1.69. The zero-order valence-electron chi connectivity index (χ0n) is 10.7. The number of hydrogen-bond donors (Lipinski definition) is 1. The van der Waals surface area contributed by atoms with Gasteiger partial charge in [-0.25, -0.2) is 0 Å². The standard InChI is InChI=1S/C13H18N4O/c1-10(2)18-12-5-3-11(4-6-12)13-9-17(8-7-14)16-15-13/h3-6,9-10H,7-8,14H2,1-2H3. The first kappa shape index (κ1) is 12.6. The van der Waals surface area contributed by atoms with Crippen LogP contribution in [0.5, 0.6) is 5.75 Å². The highest BCUT2D eigenvalue weighted by molar-refractivity contribution is 5.58. The van der Waals surface area contributed by atoms with Gasteiger partial charge in [0, 0.05) is 12.1 Å². The molecule has 1 aromatic heterocycles. The first-order valence-corrected chi connectivity index (χ1v) is 6.06. The van der Waals surface area contributed by atoms with E-state index in [4.69, 9.17) is 10.5 Å². The van der Waals surface area contributed by atoms with E-state index in [1.807, 2.05) is 44.3 Å². The molecule has 0 bridgehead atoms. The summed E-state index contributed by atoms with van der Waals surface area (Å²) < 4.78 is 7.33. The van der Waals surface area contributed by atoms with Crippen molar-refractivity contribution >= 4 is 0 Å². The average molecular weight is 246 g/mol. The molecular formula is C13H18N4O. The summed E-state index contributed by atoms with van der Waals surface area (Å²) in [5, 5.41) is 8.12. The SMILES string of the molecule is CC(C)Oc1ccc(-c2cn(CCN)nn2)cc1. The Kier molecular flexibility index (Phi) is 3.94. The fourth-order valence-electron chi connectivity index (χ4n) is 1.65. The Morgan fingerprint density at radius 2 is 2.00 bits per heavy atom. The summed E-state index contributed by atoms with van der Waals surface area (Å²) in [6, 6.07) is 7.84. The molecule has 0 aliphatic heterocycles. The van der Waals surface area contributed by atoms with Crippen molar-refractivity contribution in [3.8, 4) is 17.0 Å². The van der Waals surface area contributed by atoms with Crippen LogP contribution >= 0.6 is 0 Å². The average Bonchev–Trinajstić information content (AvgIpc) is 2.78. The molecule has 0 spiro atoms. The lowest BCUT2D eigenvalue weighted by Gasteiger charge is -2.09. The van der Waals surface area contributed by atoms with E-state index < -0.39 is 0 Å². The van der Waals surface area contributed by atoms with Crippen molar-refractivity contribution in [3.05, 3.63) is 30.5 Å². The zero-order chi connectivity index (χ0) is 13.0. The lowest BCUT2D eigenvalue weighted by molar-refractivity contribution is 0.242. The first-order valence-electron chi connectivity index (χ1n) is 6.06. The number of rotatable bonds is 5. The highest BCUT2D eigenvalue weighted by atomic mass is 16.5. The number of hydrogen-bond acceptors (Lipinski definition) is 4. The van der Waals surface area contributed by atoms with E-state index in [-0.39, 0.29) is 6.10 Å². The molecule has 5 heteroatoms. The molecule has 0 aliphatic carbocycles. The van der Waals surface area contributed by atoms with Crippen LogP contribution in [-0.4, -0.2) is 27.6 Å². The second-order valence-corrected chi connectivity index (χ2v) is 4.35. The van der Waals surface area contributed by atoms with Gasteiger partial charge in [0.15, 0.2) is 0 Å². The molecule has 0 saturated carbocycles. The molecule has 1 aromatic carbocycles. The molecule has 0 atom stereocenters. The monoisotopic (exact) mass is 246 g/mol. The van der Waals surface area contributed by atoms with Gasteiger partial charge in [0.05, 0.1) is 18.8 Å². The van der Waals surface area contributed by atoms with Gasteiger partial charge in [-0.3, -0.25) is 4.68 Å². The molecule has 2 N–H and O–H groups in total. The minimum absolute atomic E-state index is 0.182. The van der Waals surface area contributed by atoms with Crippen LogP contribution in [0.1, 0.15) is 13.8 Å². The van der Waals surface area contributed by atoms with Crippen molar-refractivity contribution in [1.29, 1.82) is 0 Å². The lowest BCUT2D eigenvalue weighted by Crippen LogP contribution is -2.10. The molecule has 2 aromatic rings. The van der Waals surface area contributed by atoms with E-state index in [9.17, 15) is 0 Å². The molecular weight excluding hydrogens is 228 g/mol. The molecule has 0 radical (unpaired) electrons. The number of ether oxygens (including phenoxy) is 1. The summed E-state index contributed by atoms with van der Waals surface area (Å²) in [7, 11) is 0. The van der Waals surface area contributed by atoms with Crippen molar-refractivity contribution in [2.75, 3.05) is 6.54 Å². The van der Waals surface area contributed by atoms with Crippen LogP contribution in [0.4, 0.5) is 0 Å². The van der Waals surface area contributed by atoms with Gasteiger partial charge < -0.3 is 10.5 Å². The van der Waals surface area contributed by atoms with Gasteiger partial charge in [0.2, 0.25) is 0 Å². The van der Waals surface area contributed by atoms with Crippen molar-refractivity contribution < 1.29 is 4.74 Å². The van der Waals surface area contributed by atoms with Crippen molar-refractivity contribution in [1.82, 2.24) is 15.0 Å². The molecule has 0 amide bonds. The van der Waals surface area contributed by atoms with Crippen LogP contribution in [-0.2, 0) is 6.54 Å². The first-order chi connectivity index (χ1) is 8.69. The molecule has 0 unspecified atom stereocenters. The molecule has 18 heavy (non-hydrogen) atoms. The minimum Gasteiger partial charge on any atom is -0.491 e. The van der Waals surface area contributed by atoms with Gasteiger partial charge in [-0.05, 0) is 38.1 Å². The Morgan fingerprint density at radius 3 is 2.61 bits per heavy atom. The van der Waals surface area contributed by atoms with Gasteiger partial charge in [-0.1, -0.05) is 5.21 Å². The van der Waals surface area contributed by atoms with Gasteiger partial charge >= 0.3 is 0 Å². The predicted molar refractivity (Wildman–Crippen MR) is 70.3 cm³/mol. The highest BCUT2D eigenvalue weighted by Crippen LogP contribution is 2.20. The third-order valence-corrected chi connectivity index (χ3v) is 2.42. The van der Waals surface area contributed by atoms with E-state index in [2.05, 4.69) is 10.3 Å². The molecule has 96 valence electrons. The second kappa shape index (κ2) is 5.64. The Balaban J connectivity index is 2.12. The molecule has 1 heterocycles. The van der Waals surface area contributed by atoms with Crippen LogP contribution < -0.4 is 10.5 Å². The van der Waals surface area contributed by atoms with Crippen molar-refractivity contribution in [2.45, 2.75) is 26.5 Å². The number of nitrogens with zero attached hydrogens (tertiary/aromatic N) is 3. The van der Waals surface area contributed by atoms with Crippen molar-refractivity contribution in [3.63, 3.8) is 0 Å². The maximum Gasteiger partial charge on any atom is 0.119 e. The van der Waals surface area contributed by atoms with Crippen LogP contribution in [0.15, 0.2) is 30.5 Å². The fourth-order valence-corrected chi connectivity index (χ4v) is 1.65. The van der Waals surface area contributed by atoms with Crippen LogP contribution in [0.2, 0.25) is 0 Å². The third kappa shape index (κ3) is 3.07. The summed E-state index contributed by atoms with van der Waals surface area (Å²) in [5.41, 5.74) is 7.34. The third-order valence-electron chi connectivity index (χ3n) is 2.42. The quantitative estimate of drug-likeness (QED) is 0.871. The highest BCUT2D eigenvalue weighted by Gasteiger charge is 2.04. The van der Waals surface area contributed by atoms with Crippen LogP contribution in [0, 0.1) is 0 Å².